The van der Waals surface area contributed by atoms with Crippen LogP contribution in [0.2, 0.25) is 0 Å². The van der Waals surface area contributed by atoms with Crippen molar-refractivity contribution in [2.45, 2.75) is 19.9 Å². The predicted octanol–water partition coefficient (Wildman–Crippen LogP) is 2.69. The monoisotopic (exact) mass is 277 g/mol. The molecule has 5 nitrogen and oxygen atoms in total. The zero-order valence-corrected chi connectivity index (χ0v) is 11.2. The van der Waals surface area contributed by atoms with Gasteiger partial charge in [-0.3, -0.25) is 0 Å². The minimum Gasteiger partial charge on any atom is -0.493 e. The molecule has 106 valence electrons. The number of nitrogens with zero attached hydrogens (tertiary/aromatic N) is 3. The Hall–Kier alpha value is -2.37. The molecule has 0 saturated heterocycles. The first-order chi connectivity index (χ1) is 9.70. The number of oxime groups is 1. The van der Waals surface area contributed by atoms with Crippen LogP contribution in [0, 0.1) is 5.82 Å². The number of rotatable bonds is 6. The SMILES string of the molecule is C/C(=N/O)c1cc(F)ccc1OCCCn1ccnc1. The van der Waals surface area contributed by atoms with Crippen molar-refractivity contribution in [2.75, 3.05) is 6.61 Å². The average molecular weight is 277 g/mol. The van der Waals surface area contributed by atoms with Crippen molar-refractivity contribution in [1.82, 2.24) is 9.55 Å². The third kappa shape index (κ3) is 3.57. The number of benzene rings is 1. The highest BCUT2D eigenvalue weighted by atomic mass is 19.1. The highest BCUT2D eigenvalue weighted by Gasteiger charge is 2.09. The van der Waals surface area contributed by atoms with Gasteiger partial charge >= 0.3 is 0 Å². The van der Waals surface area contributed by atoms with Gasteiger partial charge in [0.2, 0.25) is 0 Å². The molecule has 0 aliphatic rings. The lowest BCUT2D eigenvalue weighted by atomic mass is 10.1. The maximum atomic E-state index is 13.2. The fourth-order valence-corrected chi connectivity index (χ4v) is 1.81. The van der Waals surface area contributed by atoms with E-state index in [2.05, 4.69) is 10.1 Å². The van der Waals surface area contributed by atoms with Crippen molar-refractivity contribution in [3.63, 3.8) is 0 Å². The Morgan fingerprint density at radius 3 is 3.05 bits per heavy atom. The number of hydrogen-bond acceptors (Lipinski definition) is 4. The van der Waals surface area contributed by atoms with E-state index in [1.807, 2.05) is 10.8 Å². The number of aromatic nitrogens is 2. The minimum atomic E-state index is -0.395. The summed E-state index contributed by atoms with van der Waals surface area (Å²) >= 11 is 0. The Kier molecular flexibility index (Phi) is 4.70. The maximum Gasteiger partial charge on any atom is 0.128 e. The molecule has 0 amide bonds. The quantitative estimate of drug-likeness (QED) is 0.382. The molecule has 0 saturated carbocycles. The third-order valence-corrected chi connectivity index (χ3v) is 2.86. The first-order valence-electron chi connectivity index (χ1n) is 6.28. The van der Waals surface area contributed by atoms with E-state index in [-0.39, 0.29) is 0 Å². The zero-order valence-electron chi connectivity index (χ0n) is 11.2. The van der Waals surface area contributed by atoms with Gasteiger partial charge in [0, 0.05) is 24.5 Å². The molecule has 0 bridgehead atoms. The smallest absolute Gasteiger partial charge is 0.128 e. The average Bonchev–Trinajstić information content (AvgIpc) is 2.97. The zero-order chi connectivity index (χ0) is 14.4. The molecular weight excluding hydrogens is 261 g/mol. The molecule has 1 N–H and O–H groups in total. The van der Waals surface area contributed by atoms with Crippen LogP contribution in [0.5, 0.6) is 5.75 Å². The molecule has 2 aromatic rings. The second-order valence-electron chi connectivity index (χ2n) is 4.33. The van der Waals surface area contributed by atoms with Gasteiger partial charge in [-0.25, -0.2) is 9.37 Å². The molecule has 0 aliphatic heterocycles. The van der Waals surface area contributed by atoms with Crippen molar-refractivity contribution in [3.05, 3.63) is 48.3 Å². The van der Waals surface area contributed by atoms with Crippen LogP contribution in [0.1, 0.15) is 18.9 Å². The van der Waals surface area contributed by atoms with Crippen LogP contribution in [-0.2, 0) is 6.54 Å². The Labute approximate surface area is 116 Å². The van der Waals surface area contributed by atoms with E-state index in [0.29, 0.717) is 23.6 Å². The molecule has 0 atom stereocenters. The molecule has 1 aromatic heterocycles. The van der Waals surface area contributed by atoms with Gasteiger partial charge in [-0.15, -0.1) is 0 Å². The highest BCUT2D eigenvalue weighted by molar-refractivity contribution is 6.00. The van der Waals surface area contributed by atoms with Crippen LogP contribution < -0.4 is 4.74 Å². The summed E-state index contributed by atoms with van der Waals surface area (Å²) in [6.07, 6.45) is 6.14. The Balaban J connectivity index is 1.95. The lowest BCUT2D eigenvalue weighted by molar-refractivity contribution is 0.299. The lowest BCUT2D eigenvalue weighted by Gasteiger charge is -2.11. The van der Waals surface area contributed by atoms with Crippen LogP contribution >= 0.6 is 0 Å². The first-order valence-corrected chi connectivity index (χ1v) is 6.28. The summed E-state index contributed by atoms with van der Waals surface area (Å²) in [4.78, 5) is 3.95. The van der Waals surface area contributed by atoms with Crippen molar-refractivity contribution >= 4 is 5.71 Å². The number of ether oxygens (including phenoxy) is 1. The van der Waals surface area contributed by atoms with E-state index < -0.39 is 5.82 Å². The Morgan fingerprint density at radius 2 is 2.35 bits per heavy atom. The summed E-state index contributed by atoms with van der Waals surface area (Å²) in [5.74, 6) is 0.112. The molecule has 0 fully saturated rings. The molecule has 6 heteroatoms. The molecule has 1 heterocycles. The molecule has 0 aliphatic carbocycles. The molecule has 1 aromatic carbocycles. The van der Waals surface area contributed by atoms with E-state index in [0.717, 1.165) is 13.0 Å². The van der Waals surface area contributed by atoms with Gasteiger partial charge in [0.05, 0.1) is 18.6 Å². The predicted molar refractivity (Wildman–Crippen MR) is 72.7 cm³/mol. The summed E-state index contributed by atoms with van der Waals surface area (Å²) in [6.45, 7) is 2.87. The van der Waals surface area contributed by atoms with Crippen molar-refractivity contribution in [2.24, 2.45) is 5.16 Å². The summed E-state index contributed by atoms with van der Waals surface area (Å²) in [5, 5.41) is 11.9. The van der Waals surface area contributed by atoms with Crippen LogP contribution in [-0.4, -0.2) is 27.1 Å². The molecule has 20 heavy (non-hydrogen) atoms. The molecular formula is C14H16FN3O2. The van der Waals surface area contributed by atoms with Crippen LogP contribution in [0.15, 0.2) is 42.1 Å². The standard InChI is InChI=1S/C14H16FN3O2/c1-11(17-19)13-9-12(15)3-4-14(13)20-8-2-6-18-7-5-16-10-18/h3-5,7,9-10,19H,2,6,8H2,1H3/b17-11-. The van der Waals surface area contributed by atoms with E-state index in [9.17, 15) is 4.39 Å². The molecule has 0 radical (unpaired) electrons. The number of imidazole rings is 1. The van der Waals surface area contributed by atoms with Gasteiger partial charge in [-0.2, -0.15) is 0 Å². The summed E-state index contributed by atoms with van der Waals surface area (Å²) in [7, 11) is 0. The van der Waals surface area contributed by atoms with Gasteiger partial charge < -0.3 is 14.5 Å². The highest BCUT2D eigenvalue weighted by Crippen LogP contribution is 2.21. The number of hydrogen-bond donors (Lipinski definition) is 1. The summed E-state index contributed by atoms with van der Waals surface area (Å²) < 4.78 is 20.8. The van der Waals surface area contributed by atoms with Gasteiger partial charge in [-0.05, 0) is 31.5 Å². The van der Waals surface area contributed by atoms with E-state index in [1.54, 1.807) is 19.4 Å². The van der Waals surface area contributed by atoms with Crippen LogP contribution in [0.4, 0.5) is 4.39 Å². The first kappa shape index (κ1) is 14.0. The van der Waals surface area contributed by atoms with Crippen molar-refractivity contribution in [3.8, 4) is 5.75 Å². The van der Waals surface area contributed by atoms with Crippen molar-refractivity contribution in [1.29, 1.82) is 0 Å². The topological polar surface area (TPSA) is 59.6 Å². The number of aryl methyl sites for hydroxylation is 1. The minimum absolute atomic E-state index is 0.314. The van der Waals surface area contributed by atoms with Crippen molar-refractivity contribution < 1.29 is 14.3 Å². The summed E-state index contributed by atoms with van der Waals surface area (Å²) in [6, 6.07) is 4.15. The van der Waals surface area contributed by atoms with Gasteiger partial charge in [0.25, 0.3) is 0 Å². The summed E-state index contributed by atoms with van der Waals surface area (Å²) in [5.41, 5.74) is 0.768. The fraction of sp³-hybridized carbons (Fsp3) is 0.286. The molecule has 0 spiro atoms. The largest absolute Gasteiger partial charge is 0.493 e. The fourth-order valence-electron chi connectivity index (χ4n) is 1.81. The number of halogens is 1. The van der Waals surface area contributed by atoms with Crippen LogP contribution in [0.25, 0.3) is 0 Å². The van der Waals surface area contributed by atoms with Gasteiger partial charge in [0.15, 0.2) is 0 Å². The second-order valence-corrected chi connectivity index (χ2v) is 4.33. The van der Waals surface area contributed by atoms with Gasteiger partial charge in [-0.1, -0.05) is 5.16 Å². The molecule has 0 unspecified atom stereocenters. The lowest BCUT2D eigenvalue weighted by Crippen LogP contribution is -2.06. The Morgan fingerprint density at radius 1 is 1.50 bits per heavy atom. The van der Waals surface area contributed by atoms with E-state index in [4.69, 9.17) is 9.94 Å². The molecule has 2 rings (SSSR count). The van der Waals surface area contributed by atoms with Crippen LogP contribution in [0.3, 0.4) is 0 Å². The van der Waals surface area contributed by atoms with E-state index in [1.165, 1.54) is 18.2 Å². The maximum absolute atomic E-state index is 13.2. The van der Waals surface area contributed by atoms with E-state index >= 15 is 0 Å². The van der Waals surface area contributed by atoms with Gasteiger partial charge in [0.1, 0.15) is 11.6 Å². The Bertz CT molecular complexity index is 582. The second kappa shape index (κ2) is 6.70. The third-order valence-electron chi connectivity index (χ3n) is 2.86. The normalized spacial score (nSPS) is 11.6.